The molecule has 2 aliphatic rings. The number of hydrogen-bond acceptors (Lipinski definition) is 4. The normalized spacial score (nSPS) is 19.0. The Balaban J connectivity index is 1.45. The topological polar surface area (TPSA) is 55.8 Å². The smallest absolute Gasteiger partial charge is 0.309 e. The quantitative estimate of drug-likeness (QED) is 0.592. The minimum absolute atomic E-state index is 0.00341. The molecule has 158 valence electrons. The number of hydrogen-bond donors (Lipinski definition) is 0. The maximum atomic E-state index is 13.4. The Morgan fingerprint density at radius 1 is 1.13 bits per heavy atom. The first-order valence-corrected chi connectivity index (χ1v) is 10.9. The lowest BCUT2D eigenvalue weighted by Gasteiger charge is -2.24. The molecule has 1 saturated carbocycles. The van der Waals surface area contributed by atoms with Crippen molar-refractivity contribution in [2.24, 2.45) is 11.8 Å². The first kappa shape index (κ1) is 20.5. The maximum Gasteiger partial charge on any atom is 0.309 e. The van der Waals surface area contributed by atoms with Crippen molar-refractivity contribution < 1.29 is 19.1 Å². The Kier molecular flexibility index (Phi) is 6.36. The highest BCUT2D eigenvalue weighted by molar-refractivity contribution is 5.97. The van der Waals surface area contributed by atoms with Gasteiger partial charge in [-0.1, -0.05) is 42.5 Å². The Bertz CT molecular complexity index is 895. The third-order valence-electron chi connectivity index (χ3n) is 5.94. The zero-order valence-electron chi connectivity index (χ0n) is 17.5. The van der Waals surface area contributed by atoms with Crippen molar-refractivity contribution in [1.29, 1.82) is 0 Å². The van der Waals surface area contributed by atoms with E-state index >= 15 is 0 Å². The van der Waals surface area contributed by atoms with E-state index in [1.807, 2.05) is 48.2 Å². The van der Waals surface area contributed by atoms with Crippen LogP contribution in [0.4, 0.5) is 0 Å². The molecule has 2 aromatic carbocycles. The third kappa shape index (κ3) is 4.66. The lowest BCUT2D eigenvalue weighted by molar-refractivity contribution is -0.145. The van der Waals surface area contributed by atoms with Gasteiger partial charge in [0.25, 0.3) is 5.91 Å². The minimum atomic E-state index is -0.136. The Morgan fingerprint density at radius 2 is 1.97 bits per heavy atom. The molecule has 1 aliphatic heterocycles. The zero-order valence-corrected chi connectivity index (χ0v) is 17.5. The van der Waals surface area contributed by atoms with E-state index in [4.69, 9.17) is 9.47 Å². The predicted octanol–water partition coefficient (Wildman–Crippen LogP) is 3.90. The molecule has 1 amide bonds. The summed E-state index contributed by atoms with van der Waals surface area (Å²) in [4.78, 5) is 27.4. The fraction of sp³-hybridized carbons (Fsp3) is 0.440. The van der Waals surface area contributed by atoms with Gasteiger partial charge < -0.3 is 14.4 Å². The average molecular weight is 408 g/mol. The van der Waals surface area contributed by atoms with E-state index in [0.29, 0.717) is 31.9 Å². The molecule has 1 fully saturated rings. The largest absolute Gasteiger partial charge is 0.492 e. The van der Waals surface area contributed by atoms with E-state index in [1.165, 1.54) is 5.56 Å². The summed E-state index contributed by atoms with van der Waals surface area (Å²) < 4.78 is 10.9. The predicted molar refractivity (Wildman–Crippen MR) is 115 cm³/mol. The number of carbonyl (C=O) groups is 2. The summed E-state index contributed by atoms with van der Waals surface area (Å²) in [5.74, 6) is 0.697. The van der Waals surface area contributed by atoms with Gasteiger partial charge in [-0.05, 0) is 49.3 Å². The summed E-state index contributed by atoms with van der Waals surface area (Å²) in [6.07, 6.45) is 3.44. The van der Waals surface area contributed by atoms with Crippen LogP contribution in [0.3, 0.4) is 0 Å². The van der Waals surface area contributed by atoms with Gasteiger partial charge in [0, 0.05) is 19.5 Å². The number of carbonyl (C=O) groups excluding carboxylic acids is 2. The molecule has 0 saturated heterocycles. The van der Waals surface area contributed by atoms with Crippen molar-refractivity contribution in [2.45, 2.75) is 32.6 Å². The summed E-state index contributed by atoms with van der Waals surface area (Å²) in [6, 6.07) is 16.1. The molecule has 0 aromatic heterocycles. The maximum absolute atomic E-state index is 13.4. The van der Waals surface area contributed by atoms with Gasteiger partial charge in [-0.3, -0.25) is 9.59 Å². The molecule has 0 N–H and O–H groups in total. The summed E-state index contributed by atoms with van der Waals surface area (Å²) in [5, 5.41) is 0. The standard InChI is InChI=1S/C25H29NO4/c1-2-29-25(28)22-16-20(22)17-26(14-7-10-18-8-4-3-5-9-18)24(27)21-12-6-11-19-13-15-30-23(19)21/h3-6,8-9,11-12,20,22H,2,7,10,13-17H2,1H3/t20-,22+/m0/s1. The molecule has 0 spiro atoms. The van der Waals surface area contributed by atoms with E-state index < -0.39 is 0 Å². The fourth-order valence-electron chi connectivity index (χ4n) is 4.22. The molecular formula is C25H29NO4. The van der Waals surface area contributed by atoms with Gasteiger partial charge in [-0.2, -0.15) is 0 Å². The lowest BCUT2D eigenvalue weighted by Crippen LogP contribution is -2.35. The van der Waals surface area contributed by atoms with E-state index in [1.54, 1.807) is 0 Å². The highest BCUT2D eigenvalue weighted by atomic mass is 16.5. The van der Waals surface area contributed by atoms with Crippen LogP contribution < -0.4 is 4.74 Å². The fourth-order valence-corrected chi connectivity index (χ4v) is 4.22. The van der Waals surface area contributed by atoms with Crippen LogP contribution >= 0.6 is 0 Å². The van der Waals surface area contributed by atoms with Crippen molar-refractivity contribution in [3.63, 3.8) is 0 Å². The molecule has 5 heteroatoms. The van der Waals surface area contributed by atoms with Crippen LogP contribution in [-0.2, 0) is 22.4 Å². The first-order valence-electron chi connectivity index (χ1n) is 10.9. The van der Waals surface area contributed by atoms with E-state index in [2.05, 4.69) is 12.1 Å². The summed E-state index contributed by atoms with van der Waals surface area (Å²) in [5.41, 5.74) is 3.00. The van der Waals surface area contributed by atoms with Gasteiger partial charge in [0.15, 0.2) is 0 Å². The number of rotatable bonds is 9. The molecule has 30 heavy (non-hydrogen) atoms. The lowest BCUT2D eigenvalue weighted by atomic mass is 10.1. The summed E-state index contributed by atoms with van der Waals surface area (Å²) in [6.45, 7) is 4.09. The minimum Gasteiger partial charge on any atom is -0.492 e. The molecular weight excluding hydrogens is 378 g/mol. The Morgan fingerprint density at radius 3 is 2.77 bits per heavy atom. The second kappa shape index (κ2) is 9.33. The first-order chi connectivity index (χ1) is 14.7. The molecule has 4 rings (SSSR count). The van der Waals surface area contributed by atoms with Gasteiger partial charge in [0.1, 0.15) is 5.75 Å². The number of nitrogens with zero attached hydrogens (tertiary/aromatic N) is 1. The van der Waals surface area contributed by atoms with E-state index in [0.717, 1.165) is 37.0 Å². The van der Waals surface area contributed by atoms with Crippen molar-refractivity contribution >= 4 is 11.9 Å². The molecule has 0 unspecified atom stereocenters. The van der Waals surface area contributed by atoms with Crippen LogP contribution in [0, 0.1) is 11.8 Å². The molecule has 1 heterocycles. The molecule has 1 aliphatic carbocycles. The van der Waals surface area contributed by atoms with E-state index in [9.17, 15) is 9.59 Å². The van der Waals surface area contributed by atoms with Crippen LogP contribution in [0.2, 0.25) is 0 Å². The SMILES string of the molecule is CCOC(=O)[C@@H]1C[C@H]1CN(CCCc1ccccc1)C(=O)c1cccc2c1OCC2. The van der Waals surface area contributed by atoms with Crippen LogP contribution in [0.5, 0.6) is 5.75 Å². The number of ether oxygens (including phenoxy) is 2. The van der Waals surface area contributed by atoms with Crippen LogP contribution in [0.1, 0.15) is 41.3 Å². The van der Waals surface area contributed by atoms with Crippen molar-refractivity contribution in [2.75, 3.05) is 26.3 Å². The summed E-state index contributed by atoms with van der Waals surface area (Å²) >= 11 is 0. The number of aryl methyl sites for hydroxylation is 1. The average Bonchev–Trinajstić information content (AvgIpc) is 3.37. The van der Waals surface area contributed by atoms with Crippen LogP contribution in [0.25, 0.3) is 0 Å². The number of fused-ring (bicyclic) bond motifs is 1. The number of esters is 1. The van der Waals surface area contributed by atoms with E-state index in [-0.39, 0.29) is 23.7 Å². The zero-order chi connectivity index (χ0) is 20.9. The van der Waals surface area contributed by atoms with Crippen molar-refractivity contribution in [3.05, 3.63) is 65.2 Å². The van der Waals surface area contributed by atoms with Crippen LogP contribution in [-0.4, -0.2) is 43.1 Å². The monoisotopic (exact) mass is 407 g/mol. The van der Waals surface area contributed by atoms with Gasteiger partial charge in [-0.15, -0.1) is 0 Å². The molecule has 0 radical (unpaired) electrons. The molecule has 0 bridgehead atoms. The third-order valence-corrected chi connectivity index (χ3v) is 5.94. The molecule has 2 aromatic rings. The second-order valence-electron chi connectivity index (χ2n) is 8.09. The van der Waals surface area contributed by atoms with Gasteiger partial charge >= 0.3 is 5.97 Å². The highest BCUT2D eigenvalue weighted by Gasteiger charge is 2.45. The number of amides is 1. The van der Waals surface area contributed by atoms with Gasteiger partial charge in [-0.25, -0.2) is 0 Å². The number of benzene rings is 2. The highest BCUT2D eigenvalue weighted by Crippen LogP contribution is 2.40. The van der Waals surface area contributed by atoms with Crippen molar-refractivity contribution in [3.8, 4) is 5.75 Å². The summed E-state index contributed by atoms with van der Waals surface area (Å²) in [7, 11) is 0. The Labute approximate surface area is 178 Å². The number of para-hydroxylation sites is 1. The van der Waals surface area contributed by atoms with Gasteiger partial charge in [0.05, 0.1) is 24.7 Å². The molecule has 2 atom stereocenters. The Hall–Kier alpha value is -2.82. The van der Waals surface area contributed by atoms with Crippen molar-refractivity contribution in [1.82, 2.24) is 4.90 Å². The molecule has 5 nitrogen and oxygen atoms in total. The second-order valence-corrected chi connectivity index (χ2v) is 8.09. The van der Waals surface area contributed by atoms with Gasteiger partial charge in [0.2, 0.25) is 0 Å². The van der Waals surface area contributed by atoms with Crippen LogP contribution in [0.15, 0.2) is 48.5 Å².